The van der Waals surface area contributed by atoms with Crippen LogP contribution >= 0.6 is 0 Å². The summed E-state index contributed by atoms with van der Waals surface area (Å²) in [4.78, 5) is 22.9. The summed E-state index contributed by atoms with van der Waals surface area (Å²) >= 11 is 0. The number of likely N-dealkylation sites (tertiary alicyclic amines) is 1. The summed E-state index contributed by atoms with van der Waals surface area (Å²) in [5, 5.41) is 5.40. The lowest BCUT2D eigenvalue weighted by Crippen LogP contribution is -2.46. The van der Waals surface area contributed by atoms with Crippen molar-refractivity contribution in [3.05, 3.63) is 60.4 Å². The van der Waals surface area contributed by atoms with Crippen LogP contribution in [0, 0.1) is 0 Å². The van der Waals surface area contributed by atoms with Crippen LogP contribution in [0.4, 0.5) is 0 Å². The molecule has 0 spiro atoms. The highest BCUT2D eigenvalue weighted by atomic mass is 16.1. The number of nitrogens with one attached hydrogen (secondary N) is 1. The number of benzene rings is 2. The molecule has 1 unspecified atom stereocenters. The van der Waals surface area contributed by atoms with Gasteiger partial charge in [-0.1, -0.05) is 42.5 Å². The van der Waals surface area contributed by atoms with Crippen molar-refractivity contribution in [2.75, 3.05) is 13.1 Å². The third-order valence-corrected chi connectivity index (χ3v) is 5.05. The Morgan fingerprint density at radius 1 is 1.15 bits per heavy atom. The molecule has 1 atom stereocenters. The molecule has 2 heterocycles. The molecule has 0 saturated carbocycles. The molecular formula is C22H24N4O. The molecular weight excluding hydrogens is 336 g/mol. The smallest absolute Gasteiger partial charge is 0.217 e. The number of fused-ring (bicyclic) bond motifs is 1. The Bertz CT molecular complexity index is 933. The predicted octanol–water partition coefficient (Wildman–Crippen LogP) is 3.40. The number of aromatic nitrogens is 2. The van der Waals surface area contributed by atoms with Crippen molar-refractivity contribution in [2.24, 2.45) is 0 Å². The zero-order valence-corrected chi connectivity index (χ0v) is 15.6. The second-order valence-electron chi connectivity index (χ2n) is 7.22. The first-order valence-corrected chi connectivity index (χ1v) is 9.47. The van der Waals surface area contributed by atoms with Gasteiger partial charge in [0.25, 0.3) is 0 Å². The zero-order valence-electron chi connectivity index (χ0n) is 15.6. The van der Waals surface area contributed by atoms with Crippen molar-refractivity contribution in [3.8, 4) is 11.4 Å². The summed E-state index contributed by atoms with van der Waals surface area (Å²) in [5.74, 6) is 0.801. The van der Waals surface area contributed by atoms with Crippen molar-refractivity contribution >= 4 is 16.7 Å². The second kappa shape index (κ2) is 7.84. The highest BCUT2D eigenvalue weighted by Gasteiger charge is 2.20. The molecule has 1 N–H and O–H groups in total. The van der Waals surface area contributed by atoms with Gasteiger partial charge < -0.3 is 5.32 Å². The lowest BCUT2D eigenvalue weighted by atomic mass is 10.0. The van der Waals surface area contributed by atoms with E-state index in [1.807, 2.05) is 30.6 Å². The SMILES string of the molecule is CC(=O)NC1CCCN(Cc2cnc(-c3cccc4ccccc34)nc2)C1. The van der Waals surface area contributed by atoms with Gasteiger partial charge in [-0.2, -0.15) is 0 Å². The summed E-state index contributed by atoms with van der Waals surface area (Å²) in [6, 6.07) is 14.8. The number of hydrogen-bond donors (Lipinski definition) is 1. The van der Waals surface area contributed by atoms with Crippen molar-refractivity contribution < 1.29 is 4.79 Å². The third-order valence-electron chi connectivity index (χ3n) is 5.05. The topological polar surface area (TPSA) is 58.1 Å². The van der Waals surface area contributed by atoms with Crippen LogP contribution in [-0.4, -0.2) is 39.9 Å². The van der Waals surface area contributed by atoms with E-state index < -0.39 is 0 Å². The van der Waals surface area contributed by atoms with Crippen LogP contribution in [0.3, 0.4) is 0 Å². The Kier molecular flexibility index (Phi) is 5.12. The van der Waals surface area contributed by atoms with E-state index in [0.29, 0.717) is 0 Å². The van der Waals surface area contributed by atoms with Crippen LogP contribution in [-0.2, 0) is 11.3 Å². The first-order chi connectivity index (χ1) is 13.2. The molecule has 0 aliphatic carbocycles. The first kappa shape index (κ1) is 17.6. The van der Waals surface area contributed by atoms with Crippen LogP contribution in [0.5, 0.6) is 0 Å². The quantitative estimate of drug-likeness (QED) is 0.775. The van der Waals surface area contributed by atoms with E-state index in [-0.39, 0.29) is 11.9 Å². The summed E-state index contributed by atoms with van der Waals surface area (Å²) < 4.78 is 0. The van der Waals surface area contributed by atoms with Crippen LogP contribution < -0.4 is 5.32 Å². The number of rotatable bonds is 4. The van der Waals surface area contributed by atoms with Crippen LogP contribution in [0.15, 0.2) is 54.9 Å². The second-order valence-corrected chi connectivity index (χ2v) is 7.22. The van der Waals surface area contributed by atoms with Gasteiger partial charge in [0, 0.05) is 49.6 Å². The highest BCUT2D eigenvalue weighted by Crippen LogP contribution is 2.26. The van der Waals surface area contributed by atoms with Gasteiger partial charge in [0.15, 0.2) is 5.82 Å². The van der Waals surface area contributed by atoms with Gasteiger partial charge in [-0.3, -0.25) is 9.69 Å². The Balaban J connectivity index is 1.48. The maximum atomic E-state index is 11.3. The molecule has 4 rings (SSSR count). The average Bonchev–Trinajstić information content (AvgIpc) is 2.68. The number of hydrogen-bond acceptors (Lipinski definition) is 4. The van der Waals surface area contributed by atoms with Crippen molar-refractivity contribution in [1.82, 2.24) is 20.2 Å². The Morgan fingerprint density at radius 2 is 1.93 bits per heavy atom. The van der Waals surface area contributed by atoms with Gasteiger partial charge in [0.05, 0.1) is 0 Å². The third kappa shape index (κ3) is 4.14. The van der Waals surface area contributed by atoms with Gasteiger partial charge in [-0.05, 0) is 30.2 Å². The lowest BCUT2D eigenvalue weighted by molar-refractivity contribution is -0.120. The Labute approximate surface area is 159 Å². The minimum Gasteiger partial charge on any atom is -0.352 e. The van der Waals surface area contributed by atoms with E-state index in [1.54, 1.807) is 6.92 Å². The van der Waals surface area contributed by atoms with Crippen LogP contribution in [0.1, 0.15) is 25.3 Å². The number of carbonyl (C=O) groups is 1. The molecule has 5 heteroatoms. The Hall–Kier alpha value is -2.79. The fourth-order valence-corrected chi connectivity index (χ4v) is 3.86. The fourth-order valence-electron chi connectivity index (χ4n) is 3.86. The normalized spacial score (nSPS) is 17.7. The molecule has 27 heavy (non-hydrogen) atoms. The van der Waals surface area contributed by atoms with Crippen molar-refractivity contribution in [2.45, 2.75) is 32.4 Å². The van der Waals surface area contributed by atoms with Crippen LogP contribution in [0.2, 0.25) is 0 Å². The lowest BCUT2D eigenvalue weighted by Gasteiger charge is -2.32. The summed E-state index contributed by atoms with van der Waals surface area (Å²) in [7, 11) is 0. The van der Waals surface area contributed by atoms with E-state index in [1.165, 1.54) is 10.8 Å². The summed E-state index contributed by atoms with van der Waals surface area (Å²) in [6.07, 6.45) is 5.99. The zero-order chi connectivity index (χ0) is 18.6. The standard InChI is InChI=1S/C22H24N4O/c1-16(27)25-19-8-5-11-26(15-19)14-17-12-23-22(24-13-17)21-10-4-7-18-6-2-3-9-20(18)21/h2-4,6-7,9-10,12-13,19H,5,8,11,14-15H2,1H3,(H,25,27). The molecule has 138 valence electrons. The highest BCUT2D eigenvalue weighted by molar-refractivity contribution is 5.94. The molecule has 0 bridgehead atoms. The molecule has 1 amide bonds. The van der Waals surface area contributed by atoms with E-state index >= 15 is 0 Å². The maximum Gasteiger partial charge on any atom is 0.217 e. The minimum atomic E-state index is 0.0459. The van der Waals surface area contributed by atoms with Gasteiger partial charge in [0.2, 0.25) is 5.91 Å². The monoisotopic (exact) mass is 360 g/mol. The van der Waals surface area contributed by atoms with Crippen LogP contribution in [0.25, 0.3) is 22.2 Å². The van der Waals surface area contributed by atoms with E-state index in [2.05, 4.69) is 44.5 Å². The molecule has 3 aromatic rings. The summed E-state index contributed by atoms with van der Waals surface area (Å²) in [6.45, 7) is 4.32. The van der Waals surface area contributed by atoms with Gasteiger partial charge in [0.1, 0.15) is 0 Å². The molecule has 1 aliphatic heterocycles. The number of carbonyl (C=O) groups excluding carboxylic acids is 1. The average molecular weight is 360 g/mol. The molecule has 1 saturated heterocycles. The largest absolute Gasteiger partial charge is 0.352 e. The number of nitrogens with zero attached hydrogens (tertiary/aromatic N) is 3. The van der Waals surface area contributed by atoms with E-state index in [0.717, 1.165) is 49.4 Å². The molecule has 1 aromatic heterocycles. The molecule has 5 nitrogen and oxygen atoms in total. The summed E-state index contributed by atoms with van der Waals surface area (Å²) in [5.41, 5.74) is 2.16. The number of amides is 1. The van der Waals surface area contributed by atoms with E-state index in [4.69, 9.17) is 0 Å². The predicted molar refractivity (Wildman–Crippen MR) is 107 cm³/mol. The molecule has 1 aliphatic rings. The van der Waals surface area contributed by atoms with Crippen molar-refractivity contribution in [3.63, 3.8) is 0 Å². The molecule has 0 radical (unpaired) electrons. The van der Waals surface area contributed by atoms with Gasteiger partial charge in [-0.15, -0.1) is 0 Å². The number of piperidine rings is 1. The first-order valence-electron chi connectivity index (χ1n) is 9.47. The minimum absolute atomic E-state index is 0.0459. The Morgan fingerprint density at radius 3 is 2.74 bits per heavy atom. The van der Waals surface area contributed by atoms with Gasteiger partial charge >= 0.3 is 0 Å². The fraction of sp³-hybridized carbons (Fsp3) is 0.318. The van der Waals surface area contributed by atoms with Crippen molar-refractivity contribution in [1.29, 1.82) is 0 Å². The molecule has 2 aromatic carbocycles. The maximum absolute atomic E-state index is 11.3. The molecule has 1 fully saturated rings. The van der Waals surface area contributed by atoms with E-state index in [9.17, 15) is 4.79 Å². The van der Waals surface area contributed by atoms with Gasteiger partial charge in [-0.25, -0.2) is 9.97 Å².